The molecule has 1 aliphatic heterocycles. The van der Waals surface area contributed by atoms with Gasteiger partial charge in [-0.2, -0.15) is 15.4 Å². The Labute approximate surface area is 99.0 Å². The minimum absolute atomic E-state index is 0.865. The summed E-state index contributed by atoms with van der Waals surface area (Å²) in [5.41, 5.74) is 1.83. The van der Waals surface area contributed by atoms with Crippen molar-refractivity contribution in [2.45, 2.75) is 0 Å². The van der Waals surface area contributed by atoms with Gasteiger partial charge in [-0.15, -0.1) is 0 Å². The maximum absolute atomic E-state index is 10.1. The zero-order valence-electron chi connectivity index (χ0n) is 9.47. The van der Waals surface area contributed by atoms with Gasteiger partial charge in [-0.05, 0) is 12.1 Å². The van der Waals surface area contributed by atoms with Crippen LogP contribution in [-0.4, -0.2) is 52.9 Å². The third kappa shape index (κ3) is 3.25. The van der Waals surface area contributed by atoms with Crippen molar-refractivity contribution < 1.29 is 4.79 Å². The quantitative estimate of drug-likeness (QED) is 0.680. The molecule has 1 aliphatic rings. The first-order chi connectivity index (χ1) is 8.40. The van der Waals surface area contributed by atoms with Crippen LogP contribution >= 0.6 is 0 Å². The number of piperazine rings is 1. The third-order valence-electron chi connectivity index (χ3n) is 2.52. The van der Waals surface area contributed by atoms with E-state index in [0.717, 1.165) is 43.6 Å². The molecule has 0 spiro atoms. The Bertz CT molecular complexity index is 433. The Morgan fingerprint density at radius 2 is 1.71 bits per heavy atom. The van der Waals surface area contributed by atoms with Gasteiger partial charge in [0.05, 0.1) is 0 Å². The number of benzene rings is 1. The van der Waals surface area contributed by atoms with Gasteiger partial charge in [0.2, 0.25) is 6.41 Å². The SMILES string of the molecule is O=CN1CCNCC1.c1ccc2n[nH]nc2c1. The van der Waals surface area contributed by atoms with Crippen LogP contribution in [0.3, 0.4) is 0 Å². The van der Waals surface area contributed by atoms with E-state index in [1.807, 2.05) is 24.3 Å². The Morgan fingerprint density at radius 3 is 2.18 bits per heavy atom. The molecular weight excluding hydrogens is 218 g/mol. The van der Waals surface area contributed by atoms with Crippen LogP contribution < -0.4 is 5.32 Å². The lowest BCUT2D eigenvalue weighted by Crippen LogP contribution is -2.42. The first kappa shape index (κ1) is 11.5. The normalized spacial score (nSPS) is 15.2. The van der Waals surface area contributed by atoms with Crippen molar-refractivity contribution in [3.05, 3.63) is 24.3 Å². The summed E-state index contributed by atoms with van der Waals surface area (Å²) in [6.45, 7) is 3.62. The maximum Gasteiger partial charge on any atom is 0.209 e. The second-order valence-electron chi connectivity index (χ2n) is 3.70. The number of aromatic amines is 1. The van der Waals surface area contributed by atoms with E-state index in [4.69, 9.17) is 0 Å². The molecule has 1 saturated heterocycles. The lowest BCUT2D eigenvalue weighted by atomic mass is 10.3. The summed E-state index contributed by atoms with van der Waals surface area (Å²) in [5.74, 6) is 0. The second kappa shape index (κ2) is 5.95. The highest BCUT2D eigenvalue weighted by atomic mass is 16.1. The highest BCUT2D eigenvalue weighted by molar-refractivity contribution is 5.72. The first-order valence-corrected chi connectivity index (χ1v) is 5.56. The van der Waals surface area contributed by atoms with E-state index in [1.54, 1.807) is 4.90 Å². The van der Waals surface area contributed by atoms with Crippen LogP contribution in [0.4, 0.5) is 0 Å². The van der Waals surface area contributed by atoms with Crippen LogP contribution in [0, 0.1) is 0 Å². The van der Waals surface area contributed by atoms with E-state index >= 15 is 0 Å². The summed E-state index contributed by atoms with van der Waals surface area (Å²) in [6, 6.07) is 7.70. The van der Waals surface area contributed by atoms with Crippen LogP contribution in [0.1, 0.15) is 0 Å². The van der Waals surface area contributed by atoms with Gasteiger partial charge < -0.3 is 10.2 Å². The predicted octanol–water partition coefficient (Wildman–Crippen LogP) is 0.00590. The number of nitrogens with one attached hydrogen (secondary N) is 2. The van der Waals surface area contributed by atoms with Crippen LogP contribution in [-0.2, 0) is 4.79 Å². The number of fused-ring (bicyclic) bond motifs is 1. The number of amides is 1. The molecule has 3 rings (SSSR count). The first-order valence-electron chi connectivity index (χ1n) is 5.56. The molecule has 6 heteroatoms. The molecule has 1 amide bonds. The molecule has 0 bridgehead atoms. The van der Waals surface area contributed by atoms with Gasteiger partial charge >= 0.3 is 0 Å². The molecule has 1 fully saturated rings. The van der Waals surface area contributed by atoms with Gasteiger partial charge in [0.1, 0.15) is 11.0 Å². The van der Waals surface area contributed by atoms with Crippen molar-refractivity contribution in [2.75, 3.05) is 26.2 Å². The summed E-state index contributed by atoms with van der Waals surface area (Å²) in [6.07, 6.45) is 0.904. The van der Waals surface area contributed by atoms with Gasteiger partial charge in [-0.1, -0.05) is 12.1 Å². The number of hydrogen-bond donors (Lipinski definition) is 2. The van der Waals surface area contributed by atoms with Crippen LogP contribution in [0.25, 0.3) is 11.0 Å². The Hall–Kier alpha value is -1.95. The molecule has 0 saturated carbocycles. The number of rotatable bonds is 1. The van der Waals surface area contributed by atoms with E-state index in [-0.39, 0.29) is 0 Å². The summed E-state index contributed by atoms with van der Waals surface area (Å²) in [5, 5.41) is 13.5. The fourth-order valence-electron chi connectivity index (χ4n) is 1.57. The third-order valence-corrected chi connectivity index (χ3v) is 2.52. The number of para-hydroxylation sites is 2. The van der Waals surface area contributed by atoms with Gasteiger partial charge in [-0.25, -0.2) is 0 Å². The monoisotopic (exact) mass is 233 g/mol. The second-order valence-corrected chi connectivity index (χ2v) is 3.70. The molecule has 0 radical (unpaired) electrons. The number of nitrogens with zero attached hydrogens (tertiary/aromatic N) is 3. The minimum atomic E-state index is 0.865. The number of carbonyl (C=O) groups is 1. The molecule has 0 unspecified atom stereocenters. The molecule has 0 aliphatic carbocycles. The van der Waals surface area contributed by atoms with Gasteiger partial charge in [-0.3, -0.25) is 4.79 Å². The van der Waals surface area contributed by atoms with Crippen molar-refractivity contribution in [2.24, 2.45) is 0 Å². The topological polar surface area (TPSA) is 73.9 Å². The molecule has 6 nitrogen and oxygen atoms in total. The fraction of sp³-hybridized carbons (Fsp3) is 0.364. The number of H-pyrrole nitrogens is 1. The number of aromatic nitrogens is 3. The molecule has 17 heavy (non-hydrogen) atoms. The smallest absolute Gasteiger partial charge is 0.209 e. The van der Waals surface area contributed by atoms with Crippen molar-refractivity contribution in [1.29, 1.82) is 0 Å². The molecular formula is C11H15N5O. The van der Waals surface area contributed by atoms with Crippen molar-refractivity contribution in [1.82, 2.24) is 25.6 Å². The summed E-state index contributed by atoms with van der Waals surface area (Å²) in [4.78, 5) is 11.8. The maximum atomic E-state index is 10.1. The average Bonchev–Trinajstić information content (AvgIpc) is 2.89. The summed E-state index contributed by atoms with van der Waals surface area (Å²) in [7, 11) is 0. The molecule has 2 N–H and O–H groups in total. The molecule has 1 aromatic carbocycles. The van der Waals surface area contributed by atoms with Crippen LogP contribution in [0.15, 0.2) is 24.3 Å². The number of carbonyl (C=O) groups excluding carboxylic acids is 1. The van der Waals surface area contributed by atoms with Crippen molar-refractivity contribution in [3.63, 3.8) is 0 Å². The van der Waals surface area contributed by atoms with Crippen LogP contribution in [0.5, 0.6) is 0 Å². The van der Waals surface area contributed by atoms with E-state index in [2.05, 4.69) is 20.7 Å². The van der Waals surface area contributed by atoms with Gasteiger partial charge in [0.15, 0.2) is 0 Å². The highest BCUT2D eigenvalue weighted by Gasteiger charge is 2.04. The Kier molecular flexibility index (Phi) is 4.04. The lowest BCUT2D eigenvalue weighted by molar-refractivity contribution is -0.118. The van der Waals surface area contributed by atoms with E-state index in [1.165, 1.54) is 0 Å². The van der Waals surface area contributed by atoms with E-state index in [9.17, 15) is 4.79 Å². The largest absolute Gasteiger partial charge is 0.343 e. The molecule has 1 aromatic heterocycles. The van der Waals surface area contributed by atoms with E-state index in [0.29, 0.717) is 0 Å². The molecule has 0 atom stereocenters. The zero-order chi connectivity index (χ0) is 11.9. The zero-order valence-corrected chi connectivity index (χ0v) is 9.47. The summed E-state index contributed by atoms with van der Waals surface area (Å²) >= 11 is 0. The van der Waals surface area contributed by atoms with Gasteiger partial charge in [0, 0.05) is 26.2 Å². The van der Waals surface area contributed by atoms with Crippen LogP contribution in [0.2, 0.25) is 0 Å². The minimum Gasteiger partial charge on any atom is -0.343 e. The predicted molar refractivity (Wildman–Crippen MR) is 64.4 cm³/mol. The Balaban J connectivity index is 0.000000128. The number of hydrogen-bond acceptors (Lipinski definition) is 4. The average molecular weight is 233 g/mol. The summed E-state index contributed by atoms with van der Waals surface area (Å²) < 4.78 is 0. The molecule has 90 valence electrons. The lowest BCUT2D eigenvalue weighted by Gasteiger charge is -2.22. The fourth-order valence-corrected chi connectivity index (χ4v) is 1.57. The highest BCUT2D eigenvalue weighted by Crippen LogP contribution is 2.03. The molecule has 2 aromatic rings. The standard InChI is InChI=1S/C6H5N3.C5H10N2O/c1-2-4-6-5(3-1)7-9-8-6;8-5-7-3-1-6-2-4-7/h1-4H,(H,7,8,9);5-6H,1-4H2. The molecule has 2 heterocycles. The van der Waals surface area contributed by atoms with E-state index < -0.39 is 0 Å². The van der Waals surface area contributed by atoms with Gasteiger partial charge in [0.25, 0.3) is 0 Å². The van der Waals surface area contributed by atoms with Crippen molar-refractivity contribution in [3.8, 4) is 0 Å². The van der Waals surface area contributed by atoms with Crippen molar-refractivity contribution >= 4 is 17.4 Å². The Morgan fingerprint density at radius 1 is 1.12 bits per heavy atom.